The van der Waals surface area contributed by atoms with Gasteiger partial charge in [0.1, 0.15) is 0 Å². The van der Waals surface area contributed by atoms with E-state index < -0.39 is 6.10 Å². The van der Waals surface area contributed by atoms with Crippen molar-refractivity contribution in [2.75, 3.05) is 31.1 Å². The minimum atomic E-state index is -0.474. The number of nitrogens with zero attached hydrogens (tertiary/aromatic N) is 2. The van der Waals surface area contributed by atoms with Gasteiger partial charge in [-0.3, -0.25) is 4.79 Å². The highest BCUT2D eigenvalue weighted by atomic mass is 79.9. The summed E-state index contributed by atoms with van der Waals surface area (Å²) in [4.78, 5) is 15.4. The van der Waals surface area contributed by atoms with Gasteiger partial charge in [0, 0.05) is 43.3 Å². The van der Waals surface area contributed by atoms with Crippen LogP contribution in [0.15, 0.2) is 22.7 Å². The molecule has 1 aliphatic heterocycles. The summed E-state index contributed by atoms with van der Waals surface area (Å²) < 4.78 is 0.925. The van der Waals surface area contributed by atoms with Crippen molar-refractivity contribution in [1.82, 2.24) is 4.90 Å². The zero-order valence-corrected chi connectivity index (χ0v) is 12.9. The van der Waals surface area contributed by atoms with Crippen molar-refractivity contribution in [3.63, 3.8) is 0 Å². The molecule has 1 heterocycles. The lowest BCUT2D eigenvalue weighted by Crippen LogP contribution is -2.48. The first-order valence-corrected chi connectivity index (χ1v) is 7.26. The van der Waals surface area contributed by atoms with Crippen molar-refractivity contribution < 1.29 is 9.90 Å². The maximum atomic E-state index is 11.3. The van der Waals surface area contributed by atoms with Crippen LogP contribution in [0.25, 0.3) is 0 Å². The Morgan fingerprint density at radius 2 is 1.95 bits per heavy atom. The van der Waals surface area contributed by atoms with Gasteiger partial charge in [0.25, 0.3) is 0 Å². The van der Waals surface area contributed by atoms with Crippen LogP contribution < -0.4 is 4.90 Å². The number of carbonyl (C=O) groups is 1. The van der Waals surface area contributed by atoms with Crippen molar-refractivity contribution >= 4 is 27.5 Å². The summed E-state index contributed by atoms with van der Waals surface area (Å²) in [5, 5.41) is 9.61. The number of carbonyl (C=O) groups excluding carboxylic acids is 1. The molecule has 1 aliphatic rings. The number of halogens is 1. The molecular weight excluding hydrogens is 308 g/mol. The molecule has 1 fully saturated rings. The predicted molar refractivity (Wildman–Crippen MR) is 79.2 cm³/mol. The summed E-state index contributed by atoms with van der Waals surface area (Å²) in [5.74, 6) is 0.144. The van der Waals surface area contributed by atoms with Gasteiger partial charge < -0.3 is 14.9 Å². The minimum Gasteiger partial charge on any atom is -0.389 e. The number of benzene rings is 1. The Balaban J connectivity index is 2.08. The highest BCUT2D eigenvalue weighted by Gasteiger charge is 2.19. The fourth-order valence-corrected chi connectivity index (χ4v) is 3.03. The third kappa shape index (κ3) is 3.28. The normalized spacial score (nSPS) is 17.5. The predicted octanol–water partition coefficient (Wildman–Crippen LogP) is 2.17. The third-order valence-corrected chi connectivity index (χ3v) is 4.21. The SMILES string of the molecule is CC(=O)N1CCN(c2ccc(C(C)O)c(Br)c2)CC1. The first-order valence-electron chi connectivity index (χ1n) is 6.47. The maximum absolute atomic E-state index is 11.3. The van der Waals surface area contributed by atoms with Crippen molar-refractivity contribution in [3.8, 4) is 0 Å². The van der Waals surface area contributed by atoms with E-state index in [-0.39, 0.29) is 5.91 Å². The number of piperazine rings is 1. The van der Waals surface area contributed by atoms with Gasteiger partial charge in [0.15, 0.2) is 0 Å². The number of aliphatic hydroxyl groups excluding tert-OH is 1. The summed E-state index contributed by atoms with van der Waals surface area (Å²) in [6.45, 7) is 6.60. The molecular formula is C14H19BrN2O2. The molecule has 1 saturated heterocycles. The topological polar surface area (TPSA) is 43.8 Å². The van der Waals surface area contributed by atoms with Crippen LogP contribution in [0.4, 0.5) is 5.69 Å². The van der Waals surface area contributed by atoms with E-state index in [1.54, 1.807) is 13.8 Å². The van der Waals surface area contributed by atoms with Crippen molar-refractivity contribution in [3.05, 3.63) is 28.2 Å². The zero-order valence-electron chi connectivity index (χ0n) is 11.3. The standard InChI is InChI=1S/C14H19BrN2O2/c1-10(18)13-4-3-12(9-14(13)15)17-7-5-16(6-8-17)11(2)19/h3-4,9-10,18H,5-8H2,1-2H3. The Bertz CT molecular complexity index is 469. The molecule has 1 amide bonds. The fourth-order valence-electron chi connectivity index (χ4n) is 2.33. The lowest BCUT2D eigenvalue weighted by Gasteiger charge is -2.35. The molecule has 4 nitrogen and oxygen atoms in total. The second kappa shape index (κ2) is 5.92. The van der Waals surface area contributed by atoms with Crippen LogP contribution in [0.5, 0.6) is 0 Å². The minimum absolute atomic E-state index is 0.144. The molecule has 0 aromatic heterocycles. The van der Waals surface area contributed by atoms with Crippen LogP contribution in [0, 0.1) is 0 Å². The average Bonchev–Trinajstić information content (AvgIpc) is 2.38. The molecule has 0 bridgehead atoms. The van der Waals surface area contributed by atoms with Gasteiger partial charge in [-0.1, -0.05) is 22.0 Å². The number of amides is 1. The molecule has 1 N–H and O–H groups in total. The monoisotopic (exact) mass is 326 g/mol. The van der Waals surface area contributed by atoms with Gasteiger partial charge in [-0.25, -0.2) is 0 Å². The summed E-state index contributed by atoms with van der Waals surface area (Å²) in [6.07, 6.45) is -0.474. The van der Waals surface area contributed by atoms with Gasteiger partial charge in [0.2, 0.25) is 5.91 Å². The van der Waals surface area contributed by atoms with E-state index in [1.165, 1.54) is 0 Å². The number of hydrogen-bond donors (Lipinski definition) is 1. The molecule has 104 valence electrons. The molecule has 1 unspecified atom stereocenters. The van der Waals surface area contributed by atoms with Crippen molar-refractivity contribution in [2.45, 2.75) is 20.0 Å². The molecule has 1 atom stereocenters. The van der Waals surface area contributed by atoms with Crippen LogP contribution in [0.3, 0.4) is 0 Å². The van der Waals surface area contributed by atoms with E-state index in [1.807, 2.05) is 23.1 Å². The summed E-state index contributed by atoms with van der Waals surface area (Å²) in [5.41, 5.74) is 2.02. The molecule has 0 radical (unpaired) electrons. The lowest BCUT2D eigenvalue weighted by molar-refractivity contribution is -0.129. The van der Waals surface area contributed by atoms with Gasteiger partial charge in [-0.05, 0) is 24.6 Å². The van der Waals surface area contributed by atoms with Crippen molar-refractivity contribution in [2.24, 2.45) is 0 Å². The smallest absolute Gasteiger partial charge is 0.219 e. The number of hydrogen-bond acceptors (Lipinski definition) is 3. The van der Waals surface area contributed by atoms with E-state index in [9.17, 15) is 9.90 Å². The van der Waals surface area contributed by atoms with Crippen LogP contribution >= 0.6 is 15.9 Å². The fraction of sp³-hybridized carbons (Fsp3) is 0.500. The molecule has 5 heteroatoms. The Morgan fingerprint density at radius 3 is 2.42 bits per heavy atom. The molecule has 19 heavy (non-hydrogen) atoms. The van der Waals surface area contributed by atoms with Gasteiger partial charge in [-0.2, -0.15) is 0 Å². The van der Waals surface area contributed by atoms with E-state index in [0.29, 0.717) is 0 Å². The highest BCUT2D eigenvalue weighted by molar-refractivity contribution is 9.10. The quantitative estimate of drug-likeness (QED) is 0.905. The van der Waals surface area contributed by atoms with Crippen LogP contribution in [0.1, 0.15) is 25.5 Å². The van der Waals surface area contributed by atoms with Gasteiger partial charge in [0.05, 0.1) is 6.10 Å². The van der Waals surface area contributed by atoms with E-state index in [4.69, 9.17) is 0 Å². The summed E-state index contributed by atoms with van der Waals surface area (Å²) in [6, 6.07) is 6.00. The Labute approximate surface area is 122 Å². The molecule has 0 spiro atoms. The second-order valence-corrected chi connectivity index (χ2v) is 5.73. The second-order valence-electron chi connectivity index (χ2n) is 4.87. The lowest BCUT2D eigenvalue weighted by atomic mass is 10.1. The Hall–Kier alpha value is -1.07. The zero-order chi connectivity index (χ0) is 14.0. The highest BCUT2D eigenvalue weighted by Crippen LogP contribution is 2.28. The first kappa shape index (κ1) is 14.3. The van der Waals surface area contributed by atoms with Crippen LogP contribution in [-0.4, -0.2) is 42.1 Å². The van der Waals surface area contributed by atoms with E-state index in [2.05, 4.69) is 20.8 Å². The number of rotatable bonds is 2. The number of anilines is 1. The van der Waals surface area contributed by atoms with Crippen LogP contribution in [0.2, 0.25) is 0 Å². The first-order chi connectivity index (χ1) is 8.99. The van der Waals surface area contributed by atoms with Gasteiger partial charge >= 0.3 is 0 Å². The molecule has 2 rings (SSSR count). The largest absolute Gasteiger partial charge is 0.389 e. The maximum Gasteiger partial charge on any atom is 0.219 e. The van der Waals surface area contributed by atoms with Crippen molar-refractivity contribution in [1.29, 1.82) is 0 Å². The third-order valence-electron chi connectivity index (χ3n) is 3.52. The number of aliphatic hydroxyl groups is 1. The Kier molecular flexibility index (Phi) is 4.47. The molecule has 0 aliphatic carbocycles. The molecule has 1 aromatic rings. The molecule has 0 saturated carbocycles. The van der Waals surface area contributed by atoms with Gasteiger partial charge in [-0.15, -0.1) is 0 Å². The van der Waals surface area contributed by atoms with E-state index in [0.717, 1.165) is 41.9 Å². The van der Waals surface area contributed by atoms with Crippen LogP contribution in [-0.2, 0) is 4.79 Å². The summed E-state index contributed by atoms with van der Waals surface area (Å²) in [7, 11) is 0. The van der Waals surface area contributed by atoms with E-state index >= 15 is 0 Å². The molecule has 1 aromatic carbocycles. The summed E-state index contributed by atoms with van der Waals surface area (Å²) >= 11 is 3.50. The Morgan fingerprint density at radius 1 is 1.32 bits per heavy atom. The average molecular weight is 327 g/mol.